The molecule has 0 fully saturated rings. The number of nitro groups is 1. The minimum absolute atomic E-state index is 0.00320. The maximum Gasteiger partial charge on any atom is 0.270 e. The third-order valence-corrected chi connectivity index (χ3v) is 4.04. The molecule has 0 bridgehead atoms. The molecule has 0 saturated carbocycles. The Kier molecular flexibility index (Phi) is 6.22. The summed E-state index contributed by atoms with van der Waals surface area (Å²) in [5.74, 6) is -0.0463. The summed E-state index contributed by atoms with van der Waals surface area (Å²) in [5, 5.41) is 14.5. The highest BCUT2D eigenvalue weighted by Gasteiger charge is 2.16. The van der Waals surface area contributed by atoms with Crippen molar-refractivity contribution in [1.82, 2.24) is 0 Å². The number of ether oxygens (including phenoxy) is 1. The normalized spacial score (nSPS) is 10.4. The fraction of sp³-hybridized carbons (Fsp3) is 0.235. The predicted molar refractivity (Wildman–Crippen MR) is 97.8 cm³/mol. The summed E-state index contributed by atoms with van der Waals surface area (Å²) in [6, 6.07) is 7.58. The number of non-ortho nitro benzene ring substituents is 1. The average Bonchev–Trinajstić information content (AvgIpc) is 2.55. The van der Waals surface area contributed by atoms with E-state index < -0.39 is 10.8 Å². The molecular weight excluding hydrogens is 367 g/mol. The summed E-state index contributed by atoms with van der Waals surface area (Å²) in [5.41, 5.74) is 1.86. The molecule has 0 heterocycles. The van der Waals surface area contributed by atoms with Gasteiger partial charge in [0.05, 0.1) is 9.95 Å². The minimum atomic E-state index is -0.455. The summed E-state index contributed by atoms with van der Waals surface area (Å²) >= 11 is 11.8. The number of nitrogens with zero attached hydrogens (tertiary/aromatic N) is 1. The predicted octanol–water partition coefficient (Wildman–Crippen LogP) is 4.79. The fourth-order valence-electron chi connectivity index (χ4n) is 2.31. The van der Waals surface area contributed by atoms with Crippen molar-refractivity contribution in [2.45, 2.75) is 20.3 Å². The van der Waals surface area contributed by atoms with E-state index in [9.17, 15) is 14.9 Å². The molecule has 6 nitrogen and oxygen atoms in total. The summed E-state index contributed by atoms with van der Waals surface area (Å²) < 4.78 is 5.39. The van der Waals surface area contributed by atoms with Crippen molar-refractivity contribution in [3.63, 3.8) is 0 Å². The van der Waals surface area contributed by atoms with E-state index in [1.807, 2.05) is 6.92 Å². The molecule has 0 atom stereocenters. The van der Waals surface area contributed by atoms with Crippen LogP contribution in [0, 0.1) is 17.0 Å². The van der Waals surface area contributed by atoms with Gasteiger partial charge in [-0.1, -0.05) is 30.1 Å². The molecule has 0 radical (unpaired) electrons. The zero-order chi connectivity index (χ0) is 18.6. The lowest BCUT2D eigenvalue weighted by atomic mass is 10.0. The zero-order valence-corrected chi connectivity index (χ0v) is 15.1. The van der Waals surface area contributed by atoms with Gasteiger partial charge in [0.25, 0.3) is 11.6 Å². The lowest BCUT2D eigenvalue weighted by Crippen LogP contribution is -2.21. The van der Waals surface area contributed by atoms with Crippen molar-refractivity contribution in [2.24, 2.45) is 0 Å². The van der Waals surface area contributed by atoms with Gasteiger partial charge in [-0.2, -0.15) is 0 Å². The number of anilines is 1. The molecule has 0 saturated heterocycles. The Morgan fingerprint density at radius 2 is 2.00 bits per heavy atom. The second-order valence-corrected chi connectivity index (χ2v) is 6.16. The van der Waals surface area contributed by atoms with Crippen molar-refractivity contribution in [1.29, 1.82) is 0 Å². The molecule has 0 aliphatic carbocycles. The largest absolute Gasteiger partial charge is 0.482 e. The Balaban J connectivity index is 2.11. The topological polar surface area (TPSA) is 81.5 Å². The number of carbonyl (C=O) groups is 1. The van der Waals surface area contributed by atoms with Gasteiger partial charge < -0.3 is 10.1 Å². The number of halogens is 2. The Hall–Kier alpha value is -2.31. The van der Waals surface area contributed by atoms with Crippen LogP contribution in [0.1, 0.15) is 18.1 Å². The van der Waals surface area contributed by atoms with Gasteiger partial charge in [0.2, 0.25) is 0 Å². The summed E-state index contributed by atoms with van der Waals surface area (Å²) in [6.45, 7) is 3.32. The van der Waals surface area contributed by atoms with Gasteiger partial charge in [-0.15, -0.1) is 0 Å². The monoisotopic (exact) mass is 382 g/mol. The maximum absolute atomic E-state index is 12.2. The number of amides is 1. The van der Waals surface area contributed by atoms with Gasteiger partial charge in [-0.3, -0.25) is 14.9 Å². The number of rotatable bonds is 6. The van der Waals surface area contributed by atoms with Crippen LogP contribution in [0.25, 0.3) is 0 Å². The molecule has 132 valence electrons. The molecule has 0 aliphatic rings. The molecule has 0 spiro atoms. The lowest BCUT2D eigenvalue weighted by Gasteiger charge is -2.14. The van der Waals surface area contributed by atoms with Crippen LogP contribution in [0.5, 0.6) is 5.75 Å². The van der Waals surface area contributed by atoms with Crippen molar-refractivity contribution in [2.75, 3.05) is 11.9 Å². The highest BCUT2D eigenvalue weighted by molar-refractivity contribution is 6.35. The first-order chi connectivity index (χ1) is 11.8. The number of hydrogen-bond donors (Lipinski definition) is 1. The molecule has 0 aliphatic heterocycles. The van der Waals surface area contributed by atoms with E-state index in [1.54, 1.807) is 19.1 Å². The number of hydrogen-bond acceptors (Lipinski definition) is 4. The molecule has 0 unspecified atom stereocenters. The first-order valence-corrected chi connectivity index (χ1v) is 8.23. The molecule has 2 rings (SSSR count). The quantitative estimate of drug-likeness (QED) is 0.574. The van der Waals surface area contributed by atoms with Crippen LogP contribution in [0.15, 0.2) is 30.3 Å². The van der Waals surface area contributed by atoms with Crippen molar-refractivity contribution >= 4 is 40.5 Å². The number of carbonyl (C=O) groups excluding carboxylic acids is 1. The van der Waals surface area contributed by atoms with E-state index in [0.717, 1.165) is 0 Å². The highest BCUT2D eigenvalue weighted by atomic mass is 35.5. The standard InChI is InChI=1S/C17H16Cl2N2O4/c1-3-11-7-13(21(23)24)6-10(2)17(11)20-16(22)9-25-15-5-4-12(18)8-14(15)19/h4-8H,3,9H2,1-2H3,(H,20,22). The minimum Gasteiger partial charge on any atom is -0.482 e. The van der Waals surface area contributed by atoms with E-state index in [-0.39, 0.29) is 12.3 Å². The van der Waals surface area contributed by atoms with Gasteiger partial charge in [0.15, 0.2) is 6.61 Å². The molecule has 8 heteroatoms. The number of nitrogens with one attached hydrogen (secondary N) is 1. The smallest absolute Gasteiger partial charge is 0.270 e. The highest BCUT2D eigenvalue weighted by Crippen LogP contribution is 2.29. The third kappa shape index (κ3) is 4.84. The van der Waals surface area contributed by atoms with E-state index >= 15 is 0 Å². The number of benzene rings is 2. The van der Waals surface area contributed by atoms with Crippen LogP contribution < -0.4 is 10.1 Å². The number of nitro benzene ring substituents is 1. The van der Waals surface area contributed by atoms with E-state index in [4.69, 9.17) is 27.9 Å². The van der Waals surface area contributed by atoms with Crippen LogP contribution >= 0.6 is 23.2 Å². The van der Waals surface area contributed by atoms with Crippen LogP contribution in [0.4, 0.5) is 11.4 Å². The van der Waals surface area contributed by atoms with Crippen molar-refractivity contribution in [3.8, 4) is 5.75 Å². The second kappa shape index (κ2) is 8.18. The van der Waals surface area contributed by atoms with Crippen LogP contribution in [-0.4, -0.2) is 17.4 Å². The van der Waals surface area contributed by atoms with Crippen LogP contribution in [-0.2, 0) is 11.2 Å². The van der Waals surface area contributed by atoms with Crippen molar-refractivity contribution < 1.29 is 14.5 Å². The van der Waals surface area contributed by atoms with Crippen LogP contribution in [0.3, 0.4) is 0 Å². The lowest BCUT2D eigenvalue weighted by molar-refractivity contribution is -0.384. The third-order valence-electron chi connectivity index (χ3n) is 3.51. The summed E-state index contributed by atoms with van der Waals surface area (Å²) in [7, 11) is 0. The molecule has 25 heavy (non-hydrogen) atoms. The van der Waals surface area contributed by atoms with Gasteiger partial charge in [-0.25, -0.2) is 0 Å². The van der Waals surface area contributed by atoms with Gasteiger partial charge in [-0.05, 0) is 42.7 Å². The average molecular weight is 383 g/mol. The number of aryl methyl sites for hydroxylation is 2. The van der Waals surface area contributed by atoms with E-state index in [2.05, 4.69) is 5.32 Å². The molecular formula is C17H16Cl2N2O4. The first kappa shape index (κ1) is 19.0. The summed E-state index contributed by atoms with van der Waals surface area (Å²) in [4.78, 5) is 22.7. The molecule has 1 N–H and O–H groups in total. The van der Waals surface area contributed by atoms with Gasteiger partial charge in [0, 0.05) is 22.8 Å². The van der Waals surface area contributed by atoms with E-state index in [0.29, 0.717) is 39.0 Å². The first-order valence-electron chi connectivity index (χ1n) is 7.47. The Morgan fingerprint density at radius 1 is 1.28 bits per heavy atom. The van der Waals surface area contributed by atoms with Crippen molar-refractivity contribution in [3.05, 3.63) is 61.6 Å². The van der Waals surface area contributed by atoms with Crippen LogP contribution in [0.2, 0.25) is 10.0 Å². The zero-order valence-electron chi connectivity index (χ0n) is 13.6. The Bertz CT molecular complexity index is 825. The second-order valence-electron chi connectivity index (χ2n) is 5.32. The maximum atomic E-state index is 12.2. The fourth-order valence-corrected chi connectivity index (χ4v) is 2.78. The van der Waals surface area contributed by atoms with Gasteiger partial charge in [0.1, 0.15) is 5.75 Å². The molecule has 1 amide bonds. The molecule has 2 aromatic rings. The molecule has 2 aromatic carbocycles. The van der Waals surface area contributed by atoms with E-state index in [1.165, 1.54) is 18.2 Å². The SMILES string of the molecule is CCc1cc([N+](=O)[O-])cc(C)c1NC(=O)COc1ccc(Cl)cc1Cl. The Labute approximate surface area is 154 Å². The van der Waals surface area contributed by atoms with Gasteiger partial charge >= 0.3 is 0 Å². The summed E-state index contributed by atoms with van der Waals surface area (Å²) in [6.07, 6.45) is 0.544. The Morgan fingerprint density at radius 3 is 2.60 bits per heavy atom. The molecule has 0 aromatic heterocycles.